The van der Waals surface area contributed by atoms with Gasteiger partial charge in [-0.2, -0.15) is 0 Å². The lowest BCUT2D eigenvalue weighted by atomic mass is 9.76. The van der Waals surface area contributed by atoms with Crippen LogP contribution in [0.3, 0.4) is 0 Å². The summed E-state index contributed by atoms with van der Waals surface area (Å²) >= 11 is 0. The second-order valence-corrected chi connectivity index (χ2v) is 6.59. The van der Waals surface area contributed by atoms with E-state index in [4.69, 9.17) is 0 Å². The molecule has 0 amide bonds. The molecule has 21 heavy (non-hydrogen) atoms. The summed E-state index contributed by atoms with van der Waals surface area (Å²) in [6.07, 6.45) is 6.50. The van der Waals surface area contributed by atoms with Crippen molar-refractivity contribution in [2.75, 3.05) is 13.1 Å². The summed E-state index contributed by atoms with van der Waals surface area (Å²) in [6, 6.07) is 7.08. The Labute approximate surface area is 128 Å². The number of ketones is 1. The van der Waals surface area contributed by atoms with Gasteiger partial charge in [0.05, 0.1) is 0 Å². The first-order valence-electron chi connectivity index (χ1n) is 8.65. The van der Waals surface area contributed by atoms with Crippen LogP contribution in [0.2, 0.25) is 0 Å². The van der Waals surface area contributed by atoms with Crippen LogP contribution in [0.25, 0.3) is 0 Å². The third-order valence-electron chi connectivity index (χ3n) is 5.23. The number of hydrogen-bond acceptors (Lipinski definition) is 2. The number of fused-ring (bicyclic) bond motifs is 3. The number of carbonyl (C=O) groups excluding carboxylic acids is 1. The summed E-state index contributed by atoms with van der Waals surface area (Å²) < 4.78 is 0. The number of nitrogens with zero attached hydrogens (tertiary/aromatic N) is 1. The van der Waals surface area contributed by atoms with Crippen LogP contribution >= 0.6 is 0 Å². The van der Waals surface area contributed by atoms with Gasteiger partial charge in [-0.1, -0.05) is 32.0 Å². The molecular weight excluding hydrogens is 258 g/mol. The molecule has 1 aliphatic heterocycles. The standard InChI is InChI=1S/C19H27NO/c1-3-6-18(21)16-8-5-7-14-9-10-17-15(19(14)16)11-13-20(17)12-4-2/h5,7-8,15,17H,3-4,6,9-13H2,1-2H3/t15-,17-/m1/s1. The van der Waals surface area contributed by atoms with E-state index in [1.165, 1.54) is 43.5 Å². The van der Waals surface area contributed by atoms with Crippen LogP contribution in [0.1, 0.15) is 73.4 Å². The molecule has 2 atom stereocenters. The lowest BCUT2D eigenvalue weighted by Gasteiger charge is -2.34. The van der Waals surface area contributed by atoms with Crippen LogP contribution in [0, 0.1) is 0 Å². The molecule has 0 saturated carbocycles. The fourth-order valence-electron chi connectivity index (χ4n) is 4.38. The van der Waals surface area contributed by atoms with Crippen LogP contribution < -0.4 is 0 Å². The van der Waals surface area contributed by atoms with Crippen molar-refractivity contribution >= 4 is 5.78 Å². The Morgan fingerprint density at radius 3 is 2.86 bits per heavy atom. The topological polar surface area (TPSA) is 20.3 Å². The highest BCUT2D eigenvalue weighted by Crippen LogP contribution is 2.43. The van der Waals surface area contributed by atoms with Gasteiger partial charge in [-0.15, -0.1) is 0 Å². The van der Waals surface area contributed by atoms with Crippen molar-refractivity contribution in [3.05, 3.63) is 34.9 Å². The van der Waals surface area contributed by atoms with E-state index >= 15 is 0 Å². The second kappa shape index (κ2) is 6.31. The van der Waals surface area contributed by atoms with E-state index in [0.29, 0.717) is 24.2 Å². The molecule has 0 spiro atoms. The zero-order chi connectivity index (χ0) is 14.8. The van der Waals surface area contributed by atoms with E-state index in [9.17, 15) is 4.79 Å². The van der Waals surface area contributed by atoms with Gasteiger partial charge in [0.1, 0.15) is 0 Å². The summed E-state index contributed by atoms with van der Waals surface area (Å²) in [7, 11) is 0. The predicted molar refractivity (Wildman–Crippen MR) is 87.0 cm³/mol. The minimum Gasteiger partial charge on any atom is -0.300 e. The molecule has 1 saturated heterocycles. The zero-order valence-electron chi connectivity index (χ0n) is 13.4. The summed E-state index contributed by atoms with van der Waals surface area (Å²) in [4.78, 5) is 15.2. The molecule has 0 N–H and O–H groups in total. The van der Waals surface area contributed by atoms with Gasteiger partial charge >= 0.3 is 0 Å². The molecule has 1 aromatic carbocycles. The normalized spacial score (nSPS) is 24.7. The van der Waals surface area contributed by atoms with Crippen LogP contribution in [0.4, 0.5) is 0 Å². The van der Waals surface area contributed by atoms with E-state index in [0.717, 1.165) is 18.4 Å². The summed E-state index contributed by atoms with van der Waals surface area (Å²) in [5.41, 5.74) is 3.88. The monoisotopic (exact) mass is 285 g/mol. The third kappa shape index (κ3) is 2.66. The summed E-state index contributed by atoms with van der Waals surface area (Å²) in [5.74, 6) is 0.946. The lowest BCUT2D eigenvalue weighted by molar-refractivity contribution is 0.0979. The molecule has 2 nitrogen and oxygen atoms in total. The second-order valence-electron chi connectivity index (χ2n) is 6.59. The summed E-state index contributed by atoms with van der Waals surface area (Å²) in [6.45, 7) is 6.77. The van der Waals surface area contributed by atoms with E-state index in [1.807, 2.05) is 0 Å². The molecule has 1 aliphatic carbocycles. The van der Waals surface area contributed by atoms with E-state index in [-0.39, 0.29) is 0 Å². The number of carbonyl (C=O) groups is 1. The van der Waals surface area contributed by atoms with Crippen molar-refractivity contribution in [1.29, 1.82) is 0 Å². The quantitative estimate of drug-likeness (QED) is 0.756. The largest absolute Gasteiger partial charge is 0.300 e. The maximum Gasteiger partial charge on any atom is 0.163 e. The Morgan fingerprint density at radius 2 is 2.10 bits per heavy atom. The highest BCUT2D eigenvalue weighted by atomic mass is 16.1. The molecular formula is C19H27NO. The number of aryl methyl sites for hydroxylation is 1. The molecule has 0 aromatic heterocycles. The average Bonchev–Trinajstić information content (AvgIpc) is 2.90. The molecule has 0 radical (unpaired) electrons. The minimum absolute atomic E-state index is 0.351. The molecule has 1 heterocycles. The zero-order valence-corrected chi connectivity index (χ0v) is 13.4. The van der Waals surface area contributed by atoms with Gasteiger partial charge in [0.2, 0.25) is 0 Å². The van der Waals surface area contributed by atoms with Crippen LogP contribution in [0.15, 0.2) is 18.2 Å². The predicted octanol–water partition coefficient (Wildman–Crippen LogP) is 4.18. The maximum atomic E-state index is 12.5. The SMILES string of the molecule is CCCC(=O)c1cccc2c1[C@@H]1CCN(CCC)[C@@H]1CC2. The van der Waals surface area contributed by atoms with Crippen molar-refractivity contribution < 1.29 is 4.79 Å². The number of benzene rings is 1. The fourth-order valence-corrected chi connectivity index (χ4v) is 4.38. The molecule has 2 heteroatoms. The van der Waals surface area contributed by atoms with Gasteiger partial charge in [-0.25, -0.2) is 0 Å². The number of likely N-dealkylation sites (tertiary alicyclic amines) is 1. The Bertz CT molecular complexity index is 522. The van der Waals surface area contributed by atoms with Gasteiger partial charge < -0.3 is 0 Å². The number of hydrogen-bond donors (Lipinski definition) is 0. The van der Waals surface area contributed by atoms with Gasteiger partial charge in [-0.05, 0) is 56.3 Å². The number of rotatable bonds is 5. The molecule has 1 aromatic rings. The van der Waals surface area contributed by atoms with Crippen LogP contribution in [-0.4, -0.2) is 29.8 Å². The van der Waals surface area contributed by atoms with Gasteiger partial charge in [0.25, 0.3) is 0 Å². The average molecular weight is 285 g/mol. The Hall–Kier alpha value is -1.15. The molecule has 3 rings (SSSR count). The highest BCUT2D eigenvalue weighted by molar-refractivity contribution is 5.98. The first-order valence-corrected chi connectivity index (χ1v) is 8.65. The van der Waals surface area contributed by atoms with E-state index in [1.54, 1.807) is 0 Å². The molecule has 0 bridgehead atoms. The molecule has 1 fully saturated rings. The van der Waals surface area contributed by atoms with Crippen molar-refractivity contribution in [1.82, 2.24) is 4.90 Å². The van der Waals surface area contributed by atoms with Crippen molar-refractivity contribution in [3.8, 4) is 0 Å². The van der Waals surface area contributed by atoms with Gasteiger partial charge in [-0.3, -0.25) is 9.69 Å². The van der Waals surface area contributed by atoms with Crippen LogP contribution in [-0.2, 0) is 6.42 Å². The minimum atomic E-state index is 0.351. The molecule has 114 valence electrons. The first-order chi connectivity index (χ1) is 10.3. The van der Waals surface area contributed by atoms with E-state index in [2.05, 4.69) is 36.9 Å². The first kappa shape index (κ1) is 14.8. The number of Topliss-reactive ketones (excluding diaryl/α,β-unsaturated/α-hetero) is 1. The van der Waals surface area contributed by atoms with Gasteiger partial charge in [0, 0.05) is 23.9 Å². The Morgan fingerprint density at radius 1 is 1.24 bits per heavy atom. The maximum absolute atomic E-state index is 12.5. The highest BCUT2D eigenvalue weighted by Gasteiger charge is 2.39. The Balaban J connectivity index is 1.95. The third-order valence-corrected chi connectivity index (χ3v) is 5.23. The van der Waals surface area contributed by atoms with Crippen molar-refractivity contribution in [2.24, 2.45) is 0 Å². The van der Waals surface area contributed by atoms with Gasteiger partial charge in [0.15, 0.2) is 5.78 Å². The molecule has 2 aliphatic rings. The Kier molecular flexibility index (Phi) is 4.44. The van der Waals surface area contributed by atoms with Crippen molar-refractivity contribution in [3.63, 3.8) is 0 Å². The van der Waals surface area contributed by atoms with Crippen LogP contribution in [0.5, 0.6) is 0 Å². The summed E-state index contributed by atoms with van der Waals surface area (Å²) in [5, 5.41) is 0. The smallest absolute Gasteiger partial charge is 0.163 e. The molecule has 0 unspecified atom stereocenters. The van der Waals surface area contributed by atoms with Crippen molar-refractivity contribution in [2.45, 2.75) is 64.3 Å². The fraction of sp³-hybridized carbons (Fsp3) is 0.632. The van der Waals surface area contributed by atoms with E-state index < -0.39 is 0 Å². The lowest BCUT2D eigenvalue weighted by Crippen LogP contribution is -2.36.